The minimum absolute atomic E-state index is 0.0212. The van der Waals surface area contributed by atoms with Crippen LogP contribution in [0.15, 0.2) is 84.9 Å². The van der Waals surface area contributed by atoms with Gasteiger partial charge in [-0.3, -0.25) is 57.5 Å². The second-order valence-electron chi connectivity index (χ2n) is 22.2. The number of nitrogens with one attached hydrogen (secondary N) is 9. The zero-order valence-electron chi connectivity index (χ0n) is 48.5. The zero-order chi connectivity index (χ0) is 62.5. The highest BCUT2D eigenvalue weighted by atomic mass is 16.3. The summed E-state index contributed by atoms with van der Waals surface area (Å²) in [5, 5.41) is 33.5. The van der Waals surface area contributed by atoms with Crippen LogP contribution in [0.3, 0.4) is 0 Å². The molecule has 0 spiro atoms. The van der Waals surface area contributed by atoms with Crippen LogP contribution in [0.2, 0.25) is 0 Å². The van der Waals surface area contributed by atoms with Crippen molar-refractivity contribution in [1.29, 1.82) is 0 Å². The molecule has 26 heteroatoms. The number of nitrogens with zero attached hydrogens (tertiary/aromatic N) is 1. The molecular weight excluding hydrogens is 1100 g/mol. The molecule has 2 aliphatic heterocycles. The molecule has 0 saturated carbocycles. The van der Waals surface area contributed by atoms with Crippen LogP contribution in [0.25, 0.3) is 0 Å². The molecule has 0 unspecified atom stereocenters. The van der Waals surface area contributed by atoms with Gasteiger partial charge >= 0.3 is 0 Å². The molecule has 0 aromatic heterocycles. The molecule has 0 bridgehead atoms. The largest absolute Gasteiger partial charge is 0.508 e. The van der Waals surface area contributed by atoms with Crippen molar-refractivity contribution in [1.82, 2.24) is 52.8 Å². The van der Waals surface area contributed by atoms with Gasteiger partial charge in [0.05, 0.1) is 12.8 Å². The Morgan fingerprint density at radius 1 is 0.518 bits per heavy atom. The van der Waals surface area contributed by atoms with Crippen molar-refractivity contribution in [2.75, 3.05) is 13.1 Å². The lowest BCUT2D eigenvalue weighted by Gasteiger charge is -2.31. The lowest BCUT2D eigenvalue weighted by Crippen LogP contribution is -2.62. The fraction of sp³-hybridized carbons (Fsp3) is 0.492. The maximum Gasteiger partial charge on any atom is 0.246 e. The number of rotatable bonds is 16. The molecule has 12 amide bonds. The first-order valence-electron chi connectivity index (χ1n) is 28.5. The molecule has 3 aromatic rings. The number of phenols is 1. The monoisotopic (exact) mass is 1180 g/mol. The van der Waals surface area contributed by atoms with E-state index < -0.39 is 150 Å². The molecule has 0 radical (unpaired) electrons. The van der Waals surface area contributed by atoms with E-state index >= 15 is 0 Å². The summed E-state index contributed by atoms with van der Waals surface area (Å²) in [4.78, 5) is 170. The average molecular weight is 1180 g/mol. The molecule has 2 saturated heterocycles. The van der Waals surface area contributed by atoms with Gasteiger partial charge in [0.2, 0.25) is 70.9 Å². The van der Waals surface area contributed by atoms with Crippen LogP contribution < -0.4 is 65.1 Å². The fourth-order valence-corrected chi connectivity index (χ4v) is 9.89. The third-order valence-corrected chi connectivity index (χ3v) is 14.4. The van der Waals surface area contributed by atoms with E-state index in [0.29, 0.717) is 23.1 Å². The molecular formula is C59H81N13O13. The highest BCUT2D eigenvalue weighted by molar-refractivity contribution is 6.01. The molecule has 2 heterocycles. The Bertz CT molecular complexity index is 2860. The molecule has 16 N–H and O–H groups in total. The Morgan fingerprint density at radius 3 is 1.44 bits per heavy atom. The maximum atomic E-state index is 14.9. The van der Waals surface area contributed by atoms with Crippen molar-refractivity contribution in [3.8, 4) is 5.75 Å². The summed E-state index contributed by atoms with van der Waals surface area (Å²) in [6, 6.07) is 8.20. The van der Waals surface area contributed by atoms with Gasteiger partial charge in [0.25, 0.3) is 0 Å². The number of carbonyl (C=O) groups is 12. The van der Waals surface area contributed by atoms with E-state index in [9.17, 15) is 62.6 Å². The van der Waals surface area contributed by atoms with E-state index in [1.54, 1.807) is 100 Å². The topological polar surface area (TPSA) is 415 Å². The normalized spacial score (nSPS) is 25.0. The van der Waals surface area contributed by atoms with Crippen LogP contribution in [-0.2, 0) is 76.8 Å². The number of nitrogens with two attached hydrogens (primary N) is 3. The molecule has 85 heavy (non-hydrogen) atoms. The van der Waals surface area contributed by atoms with Crippen LogP contribution in [0, 0.1) is 11.8 Å². The summed E-state index contributed by atoms with van der Waals surface area (Å²) in [6.07, 6.45) is -1.58. The first-order chi connectivity index (χ1) is 40.3. The fourth-order valence-electron chi connectivity index (χ4n) is 9.89. The van der Waals surface area contributed by atoms with Gasteiger partial charge in [0.1, 0.15) is 66.2 Å². The van der Waals surface area contributed by atoms with Gasteiger partial charge in [-0.25, -0.2) is 0 Å². The Labute approximate surface area is 493 Å². The van der Waals surface area contributed by atoms with E-state index in [0.717, 1.165) is 0 Å². The third-order valence-electron chi connectivity index (χ3n) is 14.4. The number of hydrogen-bond acceptors (Lipinski definition) is 14. The Hall–Kier alpha value is -8.94. The Kier molecular flexibility index (Phi) is 25.3. The van der Waals surface area contributed by atoms with Crippen molar-refractivity contribution < 1.29 is 62.6 Å². The van der Waals surface area contributed by atoms with Crippen LogP contribution in [-0.4, -0.2) is 154 Å². The van der Waals surface area contributed by atoms with E-state index in [4.69, 9.17) is 17.2 Å². The van der Waals surface area contributed by atoms with E-state index in [1.165, 1.54) is 24.0 Å². The van der Waals surface area contributed by atoms with Crippen molar-refractivity contribution in [2.45, 2.75) is 159 Å². The first kappa shape index (κ1) is 66.9. The molecule has 10 atom stereocenters. The average Bonchev–Trinajstić information content (AvgIpc) is 4.05. The highest BCUT2D eigenvalue weighted by Crippen LogP contribution is 2.22. The second kappa shape index (κ2) is 32.2. The highest BCUT2D eigenvalue weighted by Gasteiger charge is 2.41. The Balaban J connectivity index is 1.61. The summed E-state index contributed by atoms with van der Waals surface area (Å²) in [6.45, 7) is 8.20. The summed E-state index contributed by atoms with van der Waals surface area (Å²) in [7, 11) is 0. The number of fused-ring (bicyclic) bond motifs is 1. The number of carbonyl (C=O) groups excluding carboxylic acids is 12. The predicted octanol–water partition coefficient (Wildman–Crippen LogP) is -2.00. The summed E-state index contributed by atoms with van der Waals surface area (Å²) in [5.74, 6) is -12.2. The predicted molar refractivity (Wildman–Crippen MR) is 310 cm³/mol. The minimum Gasteiger partial charge on any atom is -0.508 e. The first-order valence-corrected chi connectivity index (χ1v) is 28.5. The van der Waals surface area contributed by atoms with E-state index in [1.807, 2.05) is 0 Å². The van der Waals surface area contributed by atoms with Crippen molar-refractivity contribution in [3.05, 3.63) is 102 Å². The van der Waals surface area contributed by atoms with Gasteiger partial charge in [-0.2, -0.15) is 0 Å². The summed E-state index contributed by atoms with van der Waals surface area (Å²) in [5.41, 5.74) is 18.6. The molecule has 3 aromatic carbocycles. The standard InChI is InChI=1S/C59H81N13O13/c1-32(2)26-40-56(82)71-49(33(3)4)58(84)64-39(18-12-24-60)51(77)63-34(5)50(76)70-45(29-37-20-22-38(73)23-21-37)59(85)72-25-13-19-46(72)57(83)69-42(28-36-16-10-7-11-17-36)53(79)66-41(27-35-14-8-6-9-15-35)52(78)67-44(31-48(62)75)55(81)68-43(30-47(61)74)54(80)65-40/h6-11,14-17,20-23,32-34,39-46,49,73H,12-13,18-19,24-31,60H2,1-5H3,(H2,61,74)(H2,62,75)(H,63,77)(H,64,84)(H,65,80)(H,66,79)(H,67,78)(H,68,81)(H,69,83)(H,70,76)(H,71,82)/t34-,39-,40-,41+,42-,43-,44-,45+,46-,49-/m0/s1. The molecule has 2 aliphatic rings. The van der Waals surface area contributed by atoms with Crippen molar-refractivity contribution >= 4 is 70.9 Å². The molecule has 26 nitrogen and oxygen atoms in total. The van der Waals surface area contributed by atoms with Crippen LogP contribution in [0.5, 0.6) is 5.75 Å². The number of primary amides is 2. The molecule has 5 rings (SSSR count). The number of amides is 12. The van der Waals surface area contributed by atoms with E-state index in [-0.39, 0.29) is 69.7 Å². The lowest BCUT2D eigenvalue weighted by atomic mass is 9.98. The summed E-state index contributed by atoms with van der Waals surface area (Å²) < 4.78 is 0. The number of benzene rings is 3. The van der Waals surface area contributed by atoms with Gasteiger partial charge in [0.15, 0.2) is 0 Å². The number of hydrogen-bond donors (Lipinski definition) is 13. The summed E-state index contributed by atoms with van der Waals surface area (Å²) >= 11 is 0. The zero-order valence-corrected chi connectivity index (χ0v) is 48.5. The van der Waals surface area contributed by atoms with E-state index in [2.05, 4.69) is 47.9 Å². The van der Waals surface area contributed by atoms with Gasteiger partial charge in [0, 0.05) is 25.8 Å². The molecule has 460 valence electrons. The second-order valence-corrected chi connectivity index (χ2v) is 22.2. The van der Waals surface area contributed by atoms with Gasteiger partial charge < -0.3 is 75.1 Å². The van der Waals surface area contributed by atoms with Crippen molar-refractivity contribution in [2.24, 2.45) is 29.0 Å². The molecule has 2 fully saturated rings. The van der Waals surface area contributed by atoms with Crippen LogP contribution >= 0.6 is 0 Å². The smallest absolute Gasteiger partial charge is 0.246 e. The quantitative estimate of drug-likeness (QED) is 0.0738. The maximum absolute atomic E-state index is 14.9. The number of phenolic OH excluding ortho intramolecular Hbond substituents is 1. The van der Waals surface area contributed by atoms with Gasteiger partial charge in [-0.1, -0.05) is 100 Å². The third kappa shape index (κ3) is 20.7. The van der Waals surface area contributed by atoms with Crippen molar-refractivity contribution in [3.63, 3.8) is 0 Å². The van der Waals surface area contributed by atoms with Gasteiger partial charge in [-0.15, -0.1) is 0 Å². The SMILES string of the molecule is CC(C)C[C@@H]1NC(=O)[C@H](CC(N)=O)NC(=O)[C@H](CC(N)=O)NC(=O)[C@@H](Cc2ccccc2)NC(=O)[C@H](Cc2ccccc2)NC(=O)[C@@H]2CCCN2C(=O)[C@@H](Cc2ccc(O)cc2)NC(=O)[C@H](C)NC(=O)[C@H](CCCN)NC(=O)[C@H](C(C)C)NC1=O. The van der Waals surface area contributed by atoms with Gasteiger partial charge in [-0.05, 0) is 86.2 Å². The van der Waals surface area contributed by atoms with Crippen LogP contribution in [0.1, 0.15) is 96.3 Å². The Morgan fingerprint density at radius 2 is 0.941 bits per heavy atom. The minimum atomic E-state index is -1.85. The van der Waals surface area contributed by atoms with Crippen LogP contribution in [0.4, 0.5) is 0 Å². The number of aromatic hydroxyl groups is 1. The molecule has 0 aliphatic carbocycles. The lowest BCUT2D eigenvalue weighted by molar-refractivity contribution is -0.142.